The third-order valence-corrected chi connectivity index (χ3v) is 17.9. The number of carbonyl (C=O) groups excluding carboxylic acids is 5. The number of sulfonamides is 1. The van der Waals surface area contributed by atoms with Gasteiger partial charge in [0.25, 0.3) is 16.0 Å². The van der Waals surface area contributed by atoms with E-state index in [-0.39, 0.29) is 172 Å². The molecule has 0 saturated carbocycles. The number of hydrogen-bond acceptors (Lipinski definition) is 21. The van der Waals surface area contributed by atoms with Crippen LogP contribution in [0.2, 0.25) is 0 Å². The van der Waals surface area contributed by atoms with Crippen molar-refractivity contribution in [3.8, 4) is 5.75 Å². The number of aryl methyl sites for hydroxylation is 6. The number of nitrogens with one attached hydrogen (secondary N) is 5. The van der Waals surface area contributed by atoms with Crippen molar-refractivity contribution >= 4 is 73.4 Å². The summed E-state index contributed by atoms with van der Waals surface area (Å²) in [5.74, 6) is -10.0. The van der Waals surface area contributed by atoms with Crippen molar-refractivity contribution in [1.82, 2.24) is 50.6 Å². The number of carboxylic acid groups (broad SMARTS) is 4. The van der Waals surface area contributed by atoms with Gasteiger partial charge in [-0.15, -0.1) is 0 Å². The van der Waals surface area contributed by atoms with Crippen molar-refractivity contribution in [3.63, 3.8) is 0 Å². The molecule has 1 aromatic heterocycles. The third kappa shape index (κ3) is 29.4. The summed E-state index contributed by atoms with van der Waals surface area (Å²) in [6, 6.07) is 12.4. The van der Waals surface area contributed by atoms with Gasteiger partial charge in [0.1, 0.15) is 24.2 Å². The Labute approximate surface area is 546 Å². The fourth-order valence-electron chi connectivity index (χ4n) is 10.6. The molecule has 2 heterocycles. The first-order valence-corrected chi connectivity index (χ1v) is 34.0. The molecule has 3 aromatic rings. The predicted octanol–water partition coefficient (Wildman–Crippen LogP) is -0.997. The van der Waals surface area contributed by atoms with Crippen LogP contribution in [0.4, 0.5) is 0 Å². The summed E-state index contributed by atoms with van der Waals surface area (Å²) in [6.45, 7) is 1.73. The summed E-state index contributed by atoms with van der Waals surface area (Å²) in [5.41, 5.74) is 5.30. The van der Waals surface area contributed by atoms with Gasteiger partial charge in [0, 0.05) is 108 Å². The molecule has 5 rings (SSSR count). The van der Waals surface area contributed by atoms with Crippen LogP contribution in [0.3, 0.4) is 0 Å². The molecule has 33 heteroatoms. The largest absolute Gasteiger partial charge is 0.494 e. The second kappa shape index (κ2) is 39.3. The predicted molar refractivity (Wildman–Crippen MR) is 338 cm³/mol. The Bertz CT molecular complexity index is 3250. The lowest BCUT2D eigenvalue weighted by atomic mass is 9.95. The Morgan fingerprint density at radius 1 is 0.617 bits per heavy atom. The highest BCUT2D eigenvalue weighted by molar-refractivity contribution is 7.89. The molecular formula is C61H88N10O21S2. The molecule has 0 radical (unpaired) electrons. The number of Topliss-reactive ketones (excluding diaryl/α,β-unsaturated/α-hetero) is 1. The standard InChI is InChI=1S/C61H88N10O21S2/c1-42-32-50(33-43(2)58(42)94(88,89)67-52(61(83)84)35-65-59(81)46-12-9-44(10-13-46)11-15-48-16-14-45-6-3-4-7-51(45)66-48)92-28-5-8-53(73)62-17-18-63-54(74)40-91-31-30-90-29-19-64-60(82)47(41-93(85,86)87)34-49(72)36-68-20-22-69(37-55(75)76)24-26-71(39-57(79)80)27-25-70(23-21-68)38-56(77)78/h9-10,12-14,16,32-33,47,52,67H,3-8,11,15,17-31,34-41H2,1-2H3,(H,62,73)(H,63,74)(H,64,82)(H,65,81)(H,75,76)(H,77,78)(H,79,80)(H,83,84)(H,85,86,87)/t47-,52?/m0/s1. The van der Waals surface area contributed by atoms with Crippen LogP contribution < -0.4 is 30.7 Å². The van der Waals surface area contributed by atoms with Gasteiger partial charge in [0.05, 0.1) is 69.2 Å². The molecule has 31 nitrogen and oxygen atoms in total. The van der Waals surface area contributed by atoms with Crippen molar-refractivity contribution in [2.75, 3.05) is 144 Å². The van der Waals surface area contributed by atoms with Crippen molar-refractivity contribution in [2.45, 2.75) is 82.6 Å². The van der Waals surface area contributed by atoms with Crippen molar-refractivity contribution in [3.05, 3.63) is 87.7 Å². The van der Waals surface area contributed by atoms with Crippen LogP contribution in [0, 0.1) is 19.8 Å². The van der Waals surface area contributed by atoms with Gasteiger partial charge in [0.15, 0.2) is 0 Å². The number of ether oxygens (including phenoxy) is 3. The normalized spacial score (nSPS) is 15.4. The van der Waals surface area contributed by atoms with E-state index < -0.39 is 98.2 Å². The topological polar surface area (TPSA) is 437 Å². The van der Waals surface area contributed by atoms with Crippen LogP contribution in [0.15, 0.2) is 53.4 Å². The van der Waals surface area contributed by atoms with Crippen molar-refractivity contribution in [1.29, 1.82) is 0 Å². The number of fused-ring (bicyclic) bond motifs is 1. The highest BCUT2D eigenvalue weighted by Crippen LogP contribution is 2.27. The average molecular weight is 1360 g/mol. The molecule has 10 N–H and O–H groups in total. The maximum absolute atomic E-state index is 13.6. The number of aromatic nitrogens is 1. The molecule has 1 saturated heterocycles. The molecule has 520 valence electrons. The van der Waals surface area contributed by atoms with Gasteiger partial charge in [-0.1, -0.05) is 18.2 Å². The van der Waals surface area contributed by atoms with Gasteiger partial charge in [-0.05, 0) is 111 Å². The molecule has 1 aliphatic carbocycles. The van der Waals surface area contributed by atoms with Crippen LogP contribution in [-0.2, 0) is 93.7 Å². The molecule has 2 atom stereocenters. The number of rotatable bonds is 39. The average Bonchev–Trinajstić information content (AvgIpc) is 0.808. The highest BCUT2D eigenvalue weighted by Gasteiger charge is 2.31. The summed E-state index contributed by atoms with van der Waals surface area (Å²) in [5, 5.41) is 48.6. The minimum atomic E-state index is -4.75. The van der Waals surface area contributed by atoms with E-state index in [1.165, 1.54) is 43.7 Å². The summed E-state index contributed by atoms with van der Waals surface area (Å²) in [4.78, 5) is 122. The molecule has 2 aromatic carbocycles. The van der Waals surface area contributed by atoms with Crippen LogP contribution in [0.25, 0.3) is 0 Å². The lowest BCUT2D eigenvalue weighted by Crippen LogP contribution is -2.49. The molecule has 0 spiro atoms. The fraction of sp³-hybridized carbons (Fsp3) is 0.574. The SMILES string of the molecule is Cc1cc(OCCCC(=O)NCCNC(=O)COCCOCCNC(=O)[C@@H](CC(=O)CN2CCN(CC(=O)O)CCN(CC(=O)O)CCN(CC(=O)O)CC2)CS(=O)(=O)O)cc(C)c1S(=O)(=O)NC(CNC(=O)c1ccc(CCc2ccc3c(n2)CCCC3)cc1)C(=O)O. The van der Waals surface area contributed by atoms with Crippen molar-refractivity contribution < 1.29 is 99.2 Å². The molecular weight excluding hydrogens is 1270 g/mol. The van der Waals surface area contributed by atoms with Gasteiger partial charge in [-0.2, -0.15) is 13.1 Å². The Balaban J connectivity index is 0.931. The van der Waals surface area contributed by atoms with E-state index in [4.69, 9.17) is 19.2 Å². The maximum Gasteiger partial charge on any atom is 0.323 e. The number of benzene rings is 2. The Morgan fingerprint density at radius 2 is 1.17 bits per heavy atom. The summed E-state index contributed by atoms with van der Waals surface area (Å²) in [7, 11) is -9.16. The summed E-state index contributed by atoms with van der Waals surface area (Å²) < 4.78 is 79.4. The second-order valence-electron chi connectivity index (χ2n) is 23.0. The number of carbonyl (C=O) groups is 9. The van der Waals surface area contributed by atoms with E-state index in [1.54, 1.807) is 31.7 Å². The highest BCUT2D eigenvalue weighted by atomic mass is 32.2. The third-order valence-electron chi connectivity index (χ3n) is 15.3. The van der Waals surface area contributed by atoms with E-state index in [2.05, 4.69) is 38.1 Å². The molecule has 1 fully saturated rings. The van der Waals surface area contributed by atoms with Gasteiger partial charge < -0.3 is 55.9 Å². The first-order chi connectivity index (χ1) is 44.6. The zero-order chi connectivity index (χ0) is 68.8. The van der Waals surface area contributed by atoms with Gasteiger partial charge in [-0.25, -0.2) is 8.42 Å². The number of pyridine rings is 1. The molecule has 1 unspecified atom stereocenters. The monoisotopic (exact) mass is 1360 g/mol. The Kier molecular flexibility index (Phi) is 32.2. The van der Waals surface area contributed by atoms with E-state index in [9.17, 15) is 85.0 Å². The molecule has 4 amide bonds. The smallest absolute Gasteiger partial charge is 0.323 e. The lowest BCUT2D eigenvalue weighted by Gasteiger charge is -2.33. The zero-order valence-electron chi connectivity index (χ0n) is 53.0. The Morgan fingerprint density at radius 3 is 1.73 bits per heavy atom. The number of ketones is 1. The van der Waals surface area contributed by atoms with Gasteiger partial charge in [0.2, 0.25) is 27.7 Å². The second-order valence-corrected chi connectivity index (χ2v) is 26.2. The zero-order valence-corrected chi connectivity index (χ0v) is 54.6. The molecule has 94 heavy (non-hydrogen) atoms. The van der Waals surface area contributed by atoms with Crippen molar-refractivity contribution in [2.24, 2.45) is 5.92 Å². The first kappa shape index (κ1) is 77.1. The number of nitrogens with zero attached hydrogens (tertiary/aromatic N) is 5. The van der Waals surface area contributed by atoms with Crippen LogP contribution in [0.1, 0.15) is 76.1 Å². The van der Waals surface area contributed by atoms with Crippen LogP contribution >= 0.6 is 0 Å². The lowest BCUT2D eigenvalue weighted by molar-refractivity contribution is -0.140. The fourth-order valence-corrected chi connectivity index (χ4v) is 13.0. The quantitative estimate of drug-likeness (QED) is 0.0242. The maximum atomic E-state index is 13.6. The molecule has 0 bridgehead atoms. The number of amides is 4. The molecule has 2 aliphatic rings. The van der Waals surface area contributed by atoms with E-state index in [0.717, 1.165) is 36.9 Å². The minimum Gasteiger partial charge on any atom is -0.494 e. The first-order valence-electron chi connectivity index (χ1n) is 30.9. The van der Waals surface area contributed by atoms with Gasteiger partial charge in [-0.3, -0.25) is 72.3 Å². The number of carboxylic acids is 4. The van der Waals surface area contributed by atoms with Crippen LogP contribution in [0.5, 0.6) is 5.75 Å². The Hall–Kier alpha value is -7.60. The van der Waals surface area contributed by atoms with E-state index in [0.29, 0.717) is 12.2 Å². The van der Waals surface area contributed by atoms with Crippen LogP contribution in [-0.4, -0.2) is 269 Å². The van der Waals surface area contributed by atoms with E-state index >= 15 is 0 Å². The number of aliphatic carboxylic acids is 4. The van der Waals surface area contributed by atoms with Gasteiger partial charge >= 0.3 is 23.9 Å². The minimum absolute atomic E-state index is 0.0182. The summed E-state index contributed by atoms with van der Waals surface area (Å²) >= 11 is 0. The summed E-state index contributed by atoms with van der Waals surface area (Å²) in [6.07, 6.45) is 5.56. The molecule has 1 aliphatic heterocycles. The van der Waals surface area contributed by atoms with E-state index in [1.807, 2.05) is 12.1 Å². The number of hydrogen-bond donors (Lipinski definition) is 10.